The molecule has 76 valence electrons. The van der Waals surface area contributed by atoms with Crippen LogP contribution < -0.4 is 0 Å². The molecular weight excluding hydrogens is 255 g/mol. The molecule has 0 aromatic heterocycles. The Hall–Kier alpha value is 0.420. The average Bonchev–Trinajstić information content (AvgIpc) is 2.01. The number of alkyl halides is 2. The van der Waals surface area contributed by atoms with Gasteiger partial charge in [-0.25, -0.2) is 4.79 Å². The molecule has 0 fully saturated rings. The predicted octanol–water partition coefficient (Wildman–Crippen LogP) is 2.61. The molecule has 0 spiro atoms. The van der Waals surface area contributed by atoms with Crippen molar-refractivity contribution in [1.29, 1.82) is 0 Å². The van der Waals surface area contributed by atoms with Gasteiger partial charge in [-0.1, -0.05) is 23.2 Å². The van der Waals surface area contributed by atoms with Gasteiger partial charge in [0.25, 0.3) is 3.67 Å². The third-order valence-electron chi connectivity index (χ3n) is 0.777. The van der Waals surface area contributed by atoms with Gasteiger partial charge in [-0.15, -0.1) is 0 Å². The maximum atomic E-state index is 11.0. The largest absolute Gasteiger partial charge is 0.463 e. The zero-order valence-corrected chi connectivity index (χ0v) is 10.1. The number of carbonyl (C=O) groups excluding carboxylic acids is 2. The van der Waals surface area contributed by atoms with Crippen molar-refractivity contribution in [2.75, 3.05) is 6.61 Å². The highest BCUT2D eigenvalue weighted by Crippen LogP contribution is 2.43. The zero-order valence-electron chi connectivity index (χ0n) is 7.00. The van der Waals surface area contributed by atoms with Crippen LogP contribution in [0.15, 0.2) is 0 Å². The van der Waals surface area contributed by atoms with E-state index in [1.165, 1.54) is 6.92 Å². The van der Waals surface area contributed by atoms with Gasteiger partial charge in [0.1, 0.15) is 0 Å². The fourth-order valence-corrected chi connectivity index (χ4v) is 2.26. The first-order chi connectivity index (χ1) is 5.90. The average molecular weight is 263 g/mol. The van der Waals surface area contributed by atoms with Gasteiger partial charge < -0.3 is 4.74 Å². The highest BCUT2D eigenvalue weighted by atomic mass is 35.5. The van der Waals surface area contributed by atoms with E-state index in [0.717, 1.165) is 21.6 Å². The molecule has 0 saturated heterocycles. The lowest BCUT2D eigenvalue weighted by Crippen LogP contribution is -2.24. The number of rotatable bonds is 4. The van der Waals surface area contributed by atoms with Crippen LogP contribution in [0.5, 0.6) is 0 Å². The number of hydrogen-bond acceptors (Lipinski definition) is 5. The van der Waals surface area contributed by atoms with Crippen molar-refractivity contribution in [3.8, 4) is 0 Å². The summed E-state index contributed by atoms with van der Waals surface area (Å²) in [4.78, 5) is 21.6. The lowest BCUT2D eigenvalue weighted by atomic mass is 10.7. The molecule has 0 radical (unpaired) electrons. The van der Waals surface area contributed by atoms with E-state index in [9.17, 15) is 9.59 Å². The molecule has 0 atom stereocenters. The molecule has 0 aromatic carbocycles. The molecule has 0 N–H and O–H groups in total. The van der Waals surface area contributed by atoms with E-state index in [-0.39, 0.29) is 11.7 Å². The van der Waals surface area contributed by atoms with Crippen molar-refractivity contribution in [2.45, 2.75) is 17.5 Å². The van der Waals surface area contributed by atoms with Crippen LogP contribution in [0, 0.1) is 0 Å². The van der Waals surface area contributed by atoms with Gasteiger partial charge in [0, 0.05) is 6.92 Å². The molecule has 0 heterocycles. The molecule has 0 amide bonds. The Labute approximate surface area is 94.3 Å². The summed E-state index contributed by atoms with van der Waals surface area (Å²) in [6.45, 7) is 3.20. The minimum absolute atomic E-state index is 0.181. The molecule has 7 heteroatoms. The standard InChI is InChI=1S/C6H8Cl2O3S2/c1-3-11-5(10)6(7,8)13-12-4(2)9/h3H2,1-2H3. The van der Waals surface area contributed by atoms with Crippen molar-refractivity contribution >= 4 is 55.9 Å². The van der Waals surface area contributed by atoms with Crippen molar-refractivity contribution in [2.24, 2.45) is 0 Å². The molecule has 0 aliphatic carbocycles. The Balaban J connectivity index is 4.05. The molecule has 0 aromatic rings. The maximum absolute atomic E-state index is 11.0. The monoisotopic (exact) mass is 262 g/mol. The molecule has 0 saturated carbocycles. The molecular formula is C6H8Cl2O3S2. The fraction of sp³-hybridized carbons (Fsp3) is 0.667. The predicted molar refractivity (Wildman–Crippen MR) is 56.9 cm³/mol. The van der Waals surface area contributed by atoms with Gasteiger partial charge in [0.05, 0.1) is 6.61 Å². The highest BCUT2D eigenvalue weighted by molar-refractivity contribution is 8.83. The third-order valence-corrected chi connectivity index (χ3v) is 4.50. The number of carbonyl (C=O) groups is 2. The normalized spacial score (nSPS) is 11.1. The van der Waals surface area contributed by atoms with Crippen LogP contribution >= 0.6 is 44.8 Å². The lowest BCUT2D eigenvalue weighted by Gasteiger charge is -2.14. The smallest absolute Gasteiger partial charge is 0.354 e. The summed E-state index contributed by atoms with van der Waals surface area (Å²) in [5, 5.41) is -0.181. The van der Waals surface area contributed by atoms with Gasteiger partial charge in [-0.3, -0.25) is 4.79 Å². The van der Waals surface area contributed by atoms with Crippen LogP contribution in [-0.4, -0.2) is 21.4 Å². The van der Waals surface area contributed by atoms with Crippen LogP contribution in [0.1, 0.15) is 13.8 Å². The second-order valence-corrected chi connectivity index (χ2v) is 6.19. The Morgan fingerprint density at radius 2 is 2.00 bits per heavy atom. The highest BCUT2D eigenvalue weighted by Gasteiger charge is 2.37. The van der Waals surface area contributed by atoms with E-state index in [2.05, 4.69) is 4.74 Å². The lowest BCUT2D eigenvalue weighted by molar-refractivity contribution is -0.141. The van der Waals surface area contributed by atoms with E-state index in [0.29, 0.717) is 0 Å². The van der Waals surface area contributed by atoms with Crippen LogP contribution in [0.25, 0.3) is 0 Å². The summed E-state index contributed by atoms with van der Waals surface area (Å²) >= 11 is 11.2. The summed E-state index contributed by atoms with van der Waals surface area (Å²) in [7, 11) is 1.56. The Morgan fingerprint density at radius 1 is 1.46 bits per heavy atom. The van der Waals surface area contributed by atoms with E-state index in [4.69, 9.17) is 23.2 Å². The fourth-order valence-electron chi connectivity index (χ4n) is 0.360. The quantitative estimate of drug-likeness (QED) is 0.443. The first-order valence-electron chi connectivity index (χ1n) is 3.31. The first-order valence-corrected chi connectivity index (χ1v) is 6.22. The van der Waals surface area contributed by atoms with Crippen LogP contribution in [0.3, 0.4) is 0 Å². The summed E-state index contributed by atoms with van der Waals surface area (Å²) < 4.78 is 2.87. The summed E-state index contributed by atoms with van der Waals surface area (Å²) in [6.07, 6.45) is 0. The summed E-state index contributed by atoms with van der Waals surface area (Å²) in [5.41, 5.74) is 0. The topological polar surface area (TPSA) is 43.4 Å². The van der Waals surface area contributed by atoms with Crippen LogP contribution in [-0.2, 0) is 14.3 Å². The van der Waals surface area contributed by atoms with Gasteiger partial charge in [-0.05, 0) is 28.5 Å². The molecule has 0 unspecified atom stereocenters. The SMILES string of the molecule is CCOC(=O)C(Cl)(Cl)SSC(C)=O. The minimum Gasteiger partial charge on any atom is -0.463 e. The molecule has 3 nitrogen and oxygen atoms in total. The molecule has 0 bridgehead atoms. The first kappa shape index (κ1) is 13.4. The third kappa shape index (κ3) is 5.67. The van der Waals surface area contributed by atoms with Crippen molar-refractivity contribution in [1.82, 2.24) is 0 Å². The molecule has 0 aliphatic heterocycles. The van der Waals surface area contributed by atoms with Crippen LogP contribution in [0.2, 0.25) is 0 Å². The molecule has 13 heavy (non-hydrogen) atoms. The van der Waals surface area contributed by atoms with Gasteiger partial charge in [-0.2, -0.15) is 0 Å². The minimum atomic E-state index is -1.72. The number of ether oxygens (including phenoxy) is 1. The van der Waals surface area contributed by atoms with E-state index >= 15 is 0 Å². The number of hydrogen-bond donors (Lipinski definition) is 0. The van der Waals surface area contributed by atoms with E-state index in [1.807, 2.05) is 0 Å². The Bertz CT molecular complexity index is 208. The summed E-state index contributed by atoms with van der Waals surface area (Å²) in [5.74, 6) is -0.753. The van der Waals surface area contributed by atoms with Gasteiger partial charge in [0.2, 0.25) is 0 Å². The van der Waals surface area contributed by atoms with E-state index < -0.39 is 9.63 Å². The summed E-state index contributed by atoms with van der Waals surface area (Å²) in [6, 6.07) is 0. The van der Waals surface area contributed by atoms with Crippen molar-refractivity contribution in [3.05, 3.63) is 0 Å². The maximum Gasteiger partial charge on any atom is 0.354 e. The second kappa shape index (κ2) is 6.01. The number of halogens is 2. The van der Waals surface area contributed by atoms with Gasteiger partial charge in [0.15, 0.2) is 5.12 Å². The van der Waals surface area contributed by atoms with Crippen molar-refractivity contribution < 1.29 is 14.3 Å². The molecule has 0 rings (SSSR count). The second-order valence-electron chi connectivity index (χ2n) is 1.90. The van der Waals surface area contributed by atoms with Crippen molar-refractivity contribution in [3.63, 3.8) is 0 Å². The number of esters is 1. The Morgan fingerprint density at radius 3 is 2.38 bits per heavy atom. The Kier molecular flexibility index (Phi) is 6.20. The molecule has 0 aliphatic rings. The van der Waals surface area contributed by atoms with E-state index in [1.54, 1.807) is 6.92 Å². The van der Waals surface area contributed by atoms with Crippen LogP contribution in [0.4, 0.5) is 0 Å². The van der Waals surface area contributed by atoms with Gasteiger partial charge >= 0.3 is 5.97 Å². The zero-order chi connectivity index (χ0) is 10.5.